The van der Waals surface area contributed by atoms with E-state index >= 15 is 0 Å². The van der Waals surface area contributed by atoms with Gasteiger partial charge in [-0.2, -0.15) is 0 Å². The van der Waals surface area contributed by atoms with Crippen molar-refractivity contribution in [1.82, 2.24) is 0 Å². The highest BCUT2D eigenvalue weighted by Gasteiger charge is 2.35. The van der Waals surface area contributed by atoms with Gasteiger partial charge in [0.2, 0.25) is 0 Å². The Morgan fingerprint density at radius 1 is 0.234 bits per heavy atom. The van der Waals surface area contributed by atoms with E-state index in [9.17, 15) is 62.3 Å². The lowest BCUT2D eigenvalue weighted by atomic mass is 10.3. The Morgan fingerprint density at radius 3 is 0.453 bits per heavy atom. The first-order valence-electron chi connectivity index (χ1n) is 19.0. The number of carbonyl (C=O) groups is 13. The Bertz CT molecular complexity index is 1770. The topological polar surface area (TPSA) is 353 Å². The average Bonchev–Trinajstić information content (AvgIpc) is 3.19. The van der Waals surface area contributed by atoms with Crippen LogP contribution in [0.4, 0.5) is 0 Å². The van der Waals surface area contributed by atoms with E-state index < -0.39 is 151 Å². The summed E-state index contributed by atoms with van der Waals surface area (Å²) in [7, 11) is 0. The quantitative estimate of drug-likeness (QED) is 0.0921. The van der Waals surface area contributed by atoms with E-state index in [1.54, 1.807) is 0 Å². The van der Waals surface area contributed by atoms with Gasteiger partial charge in [0.25, 0.3) is 0 Å². The van der Waals surface area contributed by atoms with Crippen molar-refractivity contribution in [3.8, 4) is 0 Å². The van der Waals surface area contributed by atoms with Gasteiger partial charge in [0.05, 0.1) is 0 Å². The molecule has 0 aromatic rings. The summed E-state index contributed by atoms with van der Waals surface area (Å²) in [5.74, 6) is -15.9. The fraction of sp³-hybridized carbons (Fsp3) is 0.658. The number of esters is 12. The van der Waals surface area contributed by atoms with Crippen LogP contribution in [0.25, 0.3) is 0 Å². The number of hydrogen-bond donors (Lipinski definition) is 1. The van der Waals surface area contributed by atoms with Crippen LogP contribution < -0.4 is 0 Å². The molecule has 0 aromatic heterocycles. The molecule has 12 atom stereocenters. The van der Waals surface area contributed by atoms with Gasteiger partial charge in [0.15, 0.2) is 73.2 Å². The first-order chi connectivity index (χ1) is 29.4. The van der Waals surface area contributed by atoms with E-state index in [-0.39, 0.29) is 0 Å². The molecule has 0 unspecified atom stereocenters. The molecule has 0 rings (SSSR count). The van der Waals surface area contributed by atoms with Crippen LogP contribution in [0.5, 0.6) is 0 Å². The van der Waals surface area contributed by atoms with Crippen LogP contribution in [-0.4, -0.2) is 156 Å². The van der Waals surface area contributed by atoms with Crippen LogP contribution in [-0.2, 0) is 119 Å². The Kier molecular flexibility index (Phi) is 23.7. The molecular weight excluding hydrogens is 872 g/mol. The summed E-state index contributed by atoms with van der Waals surface area (Å²) >= 11 is 0. The molecule has 0 saturated heterocycles. The Labute approximate surface area is 364 Å². The minimum atomic E-state index is -1.72. The SMILES string of the molecule is CC(=O)O[C@@H](C)C(=O)O[C@@H](C)C(=O)O[C@@H](C)C(=O)O[C@@H](C)C(=O)O[C@@H](C)C(=O)O[C@@H](C)C(=O)O[C@@H](C)C(=O)O[C@@H](C)C(=O)O[C@@H](C)C(=O)O[C@@H](C)C(=O)O[C@@H](C)C(=O)O[C@@H](C)C(=O)O. The Morgan fingerprint density at radius 2 is 0.344 bits per heavy atom. The minimum Gasteiger partial charge on any atom is -0.479 e. The third kappa shape index (κ3) is 20.3. The third-order valence-corrected chi connectivity index (χ3v) is 7.56. The molecule has 0 radical (unpaired) electrons. The highest BCUT2D eigenvalue weighted by atomic mass is 16.7. The molecule has 0 aliphatic heterocycles. The lowest BCUT2D eigenvalue weighted by Crippen LogP contribution is -2.40. The molecule has 0 aliphatic carbocycles. The van der Waals surface area contributed by atoms with E-state index in [0.29, 0.717) is 0 Å². The number of rotatable bonds is 24. The van der Waals surface area contributed by atoms with Crippen molar-refractivity contribution in [2.24, 2.45) is 0 Å². The Balaban J connectivity index is 4.92. The molecule has 0 spiro atoms. The second-order valence-electron chi connectivity index (χ2n) is 13.5. The van der Waals surface area contributed by atoms with Gasteiger partial charge in [-0.25, -0.2) is 57.5 Å². The van der Waals surface area contributed by atoms with Crippen LogP contribution in [0, 0.1) is 0 Å². The summed E-state index contributed by atoms with van der Waals surface area (Å²) in [5, 5.41) is 8.81. The lowest BCUT2D eigenvalue weighted by molar-refractivity contribution is -0.190. The summed E-state index contributed by atoms with van der Waals surface area (Å²) in [6.07, 6.45) is -19.5. The number of carbonyl (C=O) groups excluding carboxylic acids is 12. The zero-order chi connectivity index (χ0) is 49.9. The van der Waals surface area contributed by atoms with Gasteiger partial charge < -0.3 is 61.9 Å². The maximum atomic E-state index is 12.5. The molecule has 64 heavy (non-hydrogen) atoms. The number of ether oxygens (including phenoxy) is 12. The smallest absolute Gasteiger partial charge is 0.347 e. The van der Waals surface area contributed by atoms with Crippen LogP contribution in [0.15, 0.2) is 0 Å². The van der Waals surface area contributed by atoms with E-state index in [1.165, 1.54) is 6.92 Å². The molecule has 0 aliphatic rings. The van der Waals surface area contributed by atoms with Gasteiger partial charge >= 0.3 is 77.6 Å². The van der Waals surface area contributed by atoms with Gasteiger partial charge in [0, 0.05) is 6.92 Å². The van der Waals surface area contributed by atoms with Gasteiger partial charge in [-0.15, -0.1) is 0 Å². The second kappa shape index (κ2) is 26.6. The van der Waals surface area contributed by atoms with Crippen molar-refractivity contribution in [2.45, 2.75) is 163 Å². The zero-order valence-corrected chi connectivity index (χ0v) is 37.1. The average molecular weight is 925 g/mol. The fourth-order valence-corrected chi connectivity index (χ4v) is 3.80. The molecule has 360 valence electrons. The summed E-state index contributed by atoms with van der Waals surface area (Å²) < 4.78 is 57.9. The Hall–Kier alpha value is -6.89. The molecule has 1 N–H and O–H groups in total. The van der Waals surface area contributed by atoms with Crippen molar-refractivity contribution >= 4 is 77.6 Å². The number of carboxylic acids is 1. The number of carboxylic acid groups (broad SMARTS) is 1. The standard InChI is InChI=1S/C38H52O26/c1-14(27(40)41)54-29(43)16(3)56-31(45)18(5)58-33(47)20(7)60-35(49)22(9)62-37(51)24(11)64-38(52)25(12)63-36(50)23(10)61-34(48)21(8)59-32(46)19(6)57-30(44)17(4)55-28(42)15(2)53-26(13)39/h14-25H,1-13H3,(H,40,41)/t14-,15-,16-,17-,18-,19-,20-,21-,22-,23-,24-,25-/m0/s1. The van der Waals surface area contributed by atoms with Gasteiger partial charge in [-0.05, 0) is 83.1 Å². The molecule has 0 heterocycles. The summed E-state index contributed by atoms with van der Waals surface area (Å²) in [6.45, 7) is 13.8. The first-order valence-corrected chi connectivity index (χ1v) is 19.0. The second-order valence-corrected chi connectivity index (χ2v) is 13.5. The number of hydrogen-bond acceptors (Lipinski definition) is 25. The van der Waals surface area contributed by atoms with Crippen LogP contribution in [0.2, 0.25) is 0 Å². The molecule has 26 heteroatoms. The van der Waals surface area contributed by atoms with Crippen molar-refractivity contribution in [3.05, 3.63) is 0 Å². The highest BCUT2D eigenvalue weighted by molar-refractivity contribution is 5.89. The van der Waals surface area contributed by atoms with Gasteiger partial charge in [0.1, 0.15) is 0 Å². The maximum absolute atomic E-state index is 12.5. The first kappa shape index (κ1) is 57.1. The highest BCUT2D eigenvalue weighted by Crippen LogP contribution is 2.12. The molecule has 26 nitrogen and oxygen atoms in total. The van der Waals surface area contributed by atoms with E-state index in [4.69, 9.17) is 52.5 Å². The maximum Gasteiger partial charge on any atom is 0.347 e. The van der Waals surface area contributed by atoms with Crippen molar-refractivity contribution in [1.29, 1.82) is 0 Å². The molecular formula is C38H52O26. The largest absolute Gasteiger partial charge is 0.479 e. The lowest BCUT2D eigenvalue weighted by Gasteiger charge is -2.21. The zero-order valence-electron chi connectivity index (χ0n) is 37.1. The fourth-order valence-electron chi connectivity index (χ4n) is 3.80. The summed E-state index contributed by atoms with van der Waals surface area (Å²) in [4.78, 5) is 157. The predicted octanol–water partition coefficient (Wildman–Crippen LogP) is -0.729. The summed E-state index contributed by atoms with van der Waals surface area (Å²) in [5.41, 5.74) is 0. The van der Waals surface area contributed by atoms with Crippen LogP contribution in [0.3, 0.4) is 0 Å². The van der Waals surface area contributed by atoms with Gasteiger partial charge in [-0.1, -0.05) is 0 Å². The minimum absolute atomic E-state index is 0.777. The normalized spacial score (nSPS) is 16.3. The number of aliphatic carboxylic acids is 1. The predicted molar refractivity (Wildman–Crippen MR) is 200 cm³/mol. The monoisotopic (exact) mass is 924 g/mol. The van der Waals surface area contributed by atoms with E-state index in [2.05, 4.69) is 9.47 Å². The van der Waals surface area contributed by atoms with Crippen molar-refractivity contribution in [3.63, 3.8) is 0 Å². The molecule has 0 bridgehead atoms. The van der Waals surface area contributed by atoms with Crippen molar-refractivity contribution < 1.29 is 124 Å². The summed E-state index contributed by atoms with van der Waals surface area (Å²) in [6, 6.07) is 0. The van der Waals surface area contributed by atoms with Gasteiger partial charge in [-0.3, -0.25) is 4.79 Å². The van der Waals surface area contributed by atoms with E-state index in [1.807, 2.05) is 0 Å². The third-order valence-electron chi connectivity index (χ3n) is 7.56. The van der Waals surface area contributed by atoms with Crippen molar-refractivity contribution in [2.75, 3.05) is 0 Å². The molecule has 0 amide bonds. The molecule has 0 saturated carbocycles. The van der Waals surface area contributed by atoms with E-state index in [0.717, 1.165) is 83.1 Å². The van der Waals surface area contributed by atoms with Crippen LogP contribution >= 0.6 is 0 Å². The van der Waals surface area contributed by atoms with Crippen LogP contribution in [0.1, 0.15) is 90.0 Å². The molecule has 0 aromatic carbocycles. The molecule has 0 fully saturated rings.